The van der Waals surface area contributed by atoms with E-state index in [-0.39, 0.29) is 5.54 Å². The second-order valence-electron chi connectivity index (χ2n) is 7.22. The maximum atomic E-state index is 5.91. The third kappa shape index (κ3) is 3.70. The van der Waals surface area contributed by atoms with Gasteiger partial charge in [0.25, 0.3) is 0 Å². The molecule has 0 bridgehead atoms. The number of para-hydroxylation sites is 1. The lowest BCUT2D eigenvalue weighted by atomic mass is 9.84. The minimum absolute atomic E-state index is 0.171. The van der Waals surface area contributed by atoms with Gasteiger partial charge in [0.15, 0.2) is 0 Å². The summed E-state index contributed by atoms with van der Waals surface area (Å²) in [5.41, 5.74) is 2.84. The quantitative estimate of drug-likeness (QED) is 0.857. The Labute approximate surface area is 150 Å². The number of pyridine rings is 1. The van der Waals surface area contributed by atoms with Crippen molar-refractivity contribution in [2.24, 2.45) is 0 Å². The second kappa shape index (κ2) is 7.54. The first-order chi connectivity index (χ1) is 12.4. The van der Waals surface area contributed by atoms with Gasteiger partial charge >= 0.3 is 0 Å². The number of ether oxygens (including phenoxy) is 1. The lowest BCUT2D eigenvalue weighted by Gasteiger charge is -2.52. The maximum Gasteiger partial charge on any atom is 0.0700 e. The van der Waals surface area contributed by atoms with Crippen LogP contribution in [0.1, 0.15) is 18.4 Å². The molecule has 2 aliphatic rings. The molecule has 0 aliphatic carbocycles. The van der Waals surface area contributed by atoms with Crippen LogP contribution in [0.2, 0.25) is 0 Å². The number of benzene rings is 1. The van der Waals surface area contributed by atoms with Crippen LogP contribution >= 0.6 is 0 Å². The van der Waals surface area contributed by atoms with Crippen molar-refractivity contribution in [2.45, 2.75) is 24.8 Å². The van der Waals surface area contributed by atoms with E-state index in [9.17, 15) is 0 Å². The fourth-order valence-electron chi connectivity index (χ4n) is 4.18. The van der Waals surface area contributed by atoms with Gasteiger partial charge in [0.2, 0.25) is 0 Å². The average molecular weight is 337 g/mol. The van der Waals surface area contributed by atoms with Crippen molar-refractivity contribution in [1.29, 1.82) is 0 Å². The van der Waals surface area contributed by atoms with Crippen molar-refractivity contribution in [3.8, 4) is 0 Å². The van der Waals surface area contributed by atoms with Crippen molar-refractivity contribution in [3.63, 3.8) is 0 Å². The number of likely N-dealkylation sites (tertiary alicyclic amines) is 1. The molecule has 1 aromatic heterocycles. The first kappa shape index (κ1) is 16.6. The normalized spacial score (nSPS) is 20.7. The van der Waals surface area contributed by atoms with Gasteiger partial charge < -0.3 is 14.5 Å². The topological polar surface area (TPSA) is 28.6 Å². The molecular formula is C21H27N3O. The van der Waals surface area contributed by atoms with E-state index >= 15 is 0 Å². The van der Waals surface area contributed by atoms with Crippen molar-refractivity contribution < 1.29 is 4.74 Å². The third-order valence-electron chi connectivity index (χ3n) is 5.70. The number of morpholine rings is 1. The highest BCUT2D eigenvalue weighted by Gasteiger charge is 2.42. The molecule has 4 rings (SSSR count). The van der Waals surface area contributed by atoms with Crippen LogP contribution in [0, 0.1) is 0 Å². The third-order valence-corrected chi connectivity index (χ3v) is 5.70. The van der Waals surface area contributed by atoms with Crippen molar-refractivity contribution >= 4 is 5.69 Å². The molecule has 2 fully saturated rings. The first-order valence-electron chi connectivity index (χ1n) is 9.37. The Morgan fingerprint density at radius 1 is 1.00 bits per heavy atom. The number of hydrogen-bond acceptors (Lipinski definition) is 4. The van der Waals surface area contributed by atoms with Crippen LogP contribution < -0.4 is 4.90 Å². The van der Waals surface area contributed by atoms with Gasteiger partial charge in [-0.3, -0.25) is 4.98 Å². The average Bonchev–Trinajstić information content (AvgIpc) is 2.69. The summed E-state index contributed by atoms with van der Waals surface area (Å²) in [6.45, 7) is 6.10. The standard InChI is InChI=1S/C21H27N3O/c1-2-6-20(7-3-1)24-15-16-25-18-21(24)9-13-23(14-10-21)12-8-19-5-4-11-22-17-19/h1-7,11,17H,8-10,12-16,18H2. The number of aromatic nitrogens is 1. The fraction of sp³-hybridized carbons (Fsp3) is 0.476. The van der Waals surface area contributed by atoms with E-state index in [1.54, 1.807) is 0 Å². The Bertz CT molecular complexity index is 653. The van der Waals surface area contributed by atoms with Gasteiger partial charge in [-0.25, -0.2) is 0 Å². The smallest absolute Gasteiger partial charge is 0.0700 e. The zero-order valence-electron chi connectivity index (χ0n) is 14.8. The summed E-state index contributed by atoms with van der Waals surface area (Å²) >= 11 is 0. The number of piperidine rings is 1. The fourth-order valence-corrected chi connectivity index (χ4v) is 4.18. The molecule has 2 saturated heterocycles. The molecule has 1 spiro atoms. The van der Waals surface area contributed by atoms with Crippen LogP contribution in [0.5, 0.6) is 0 Å². The molecule has 0 unspecified atom stereocenters. The Balaban J connectivity index is 1.39. The van der Waals surface area contributed by atoms with E-state index in [2.05, 4.69) is 51.2 Å². The monoisotopic (exact) mass is 337 g/mol. The Hall–Kier alpha value is -1.91. The van der Waals surface area contributed by atoms with E-state index in [0.717, 1.165) is 45.8 Å². The highest BCUT2D eigenvalue weighted by molar-refractivity contribution is 5.49. The van der Waals surface area contributed by atoms with Crippen LogP contribution in [0.3, 0.4) is 0 Å². The van der Waals surface area contributed by atoms with E-state index in [0.29, 0.717) is 0 Å². The van der Waals surface area contributed by atoms with E-state index in [4.69, 9.17) is 4.74 Å². The van der Waals surface area contributed by atoms with Gasteiger partial charge in [-0.15, -0.1) is 0 Å². The molecule has 132 valence electrons. The molecule has 25 heavy (non-hydrogen) atoms. The number of nitrogens with zero attached hydrogens (tertiary/aromatic N) is 3. The largest absolute Gasteiger partial charge is 0.377 e. The SMILES string of the molecule is c1ccc(N2CCOCC23CCN(CCc2cccnc2)CC3)cc1. The number of anilines is 1. The summed E-state index contributed by atoms with van der Waals surface area (Å²) < 4.78 is 5.91. The van der Waals surface area contributed by atoms with E-state index < -0.39 is 0 Å². The zero-order valence-corrected chi connectivity index (χ0v) is 14.8. The van der Waals surface area contributed by atoms with Crippen LogP contribution in [-0.2, 0) is 11.2 Å². The Morgan fingerprint density at radius 2 is 1.84 bits per heavy atom. The first-order valence-corrected chi connectivity index (χ1v) is 9.37. The van der Waals surface area contributed by atoms with Gasteiger partial charge in [-0.05, 0) is 43.0 Å². The predicted molar refractivity (Wildman–Crippen MR) is 101 cm³/mol. The summed E-state index contributed by atoms with van der Waals surface area (Å²) in [5, 5.41) is 0. The second-order valence-corrected chi connectivity index (χ2v) is 7.22. The van der Waals surface area contributed by atoms with Crippen LogP contribution in [0.4, 0.5) is 5.69 Å². The lowest BCUT2D eigenvalue weighted by Crippen LogP contribution is -2.62. The van der Waals surface area contributed by atoms with E-state index in [1.807, 2.05) is 18.5 Å². The summed E-state index contributed by atoms with van der Waals surface area (Å²) in [6, 6.07) is 15.0. The van der Waals surface area contributed by atoms with Crippen molar-refractivity contribution in [2.75, 3.05) is 44.3 Å². The van der Waals surface area contributed by atoms with Crippen molar-refractivity contribution in [1.82, 2.24) is 9.88 Å². The van der Waals surface area contributed by atoms with Gasteiger partial charge in [0.05, 0.1) is 18.8 Å². The minimum atomic E-state index is 0.171. The summed E-state index contributed by atoms with van der Waals surface area (Å²) in [5.74, 6) is 0. The molecule has 4 nitrogen and oxygen atoms in total. The molecule has 2 aliphatic heterocycles. The van der Waals surface area contributed by atoms with Gasteiger partial charge in [0.1, 0.15) is 0 Å². The molecule has 4 heteroatoms. The molecule has 0 amide bonds. The molecular weight excluding hydrogens is 310 g/mol. The maximum absolute atomic E-state index is 5.91. The van der Waals surface area contributed by atoms with Gasteiger partial charge in [0, 0.05) is 44.3 Å². The van der Waals surface area contributed by atoms with Gasteiger partial charge in [-0.1, -0.05) is 24.3 Å². The molecule has 1 aromatic carbocycles. The zero-order chi connectivity index (χ0) is 17.0. The number of rotatable bonds is 4. The molecule has 3 heterocycles. The van der Waals surface area contributed by atoms with Crippen LogP contribution in [0.25, 0.3) is 0 Å². The molecule has 2 aromatic rings. The Kier molecular flexibility index (Phi) is 4.99. The van der Waals surface area contributed by atoms with Crippen LogP contribution in [0.15, 0.2) is 54.9 Å². The highest BCUT2D eigenvalue weighted by atomic mass is 16.5. The lowest BCUT2D eigenvalue weighted by molar-refractivity contribution is 0.0165. The molecule has 0 saturated carbocycles. The van der Waals surface area contributed by atoms with Crippen LogP contribution in [-0.4, -0.2) is 54.8 Å². The molecule has 0 N–H and O–H groups in total. The van der Waals surface area contributed by atoms with E-state index in [1.165, 1.54) is 24.1 Å². The summed E-state index contributed by atoms with van der Waals surface area (Å²) in [4.78, 5) is 9.42. The predicted octanol–water partition coefficient (Wildman–Crippen LogP) is 3.00. The van der Waals surface area contributed by atoms with Crippen molar-refractivity contribution in [3.05, 3.63) is 60.4 Å². The highest BCUT2D eigenvalue weighted by Crippen LogP contribution is 2.35. The molecule has 0 radical (unpaired) electrons. The summed E-state index contributed by atoms with van der Waals surface area (Å²) in [6.07, 6.45) is 7.26. The number of hydrogen-bond donors (Lipinski definition) is 0. The minimum Gasteiger partial charge on any atom is -0.377 e. The Morgan fingerprint density at radius 3 is 2.60 bits per heavy atom. The molecule has 0 atom stereocenters. The van der Waals surface area contributed by atoms with Gasteiger partial charge in [-0.2, -0.15) is 0 Å². The summed E-state index contributed by atoms with van der Waals surface area (Å²) in [7, 11) is 0.